The Morgan fingerprint density at radius 1 is 0.934 bits per heavy atom. The molecular weight excluding hydrogens is 773 g/mol. The second kappa shape index (κ2) is 20.4. The SMILES string of the molecule is C=CCOC12Oc3ccc(Oc4cccc(C=O)c4)cc3C3C(CCCCO)C(CCCCO)C=C(C(=NOCC)CC1N(Cc1cccc4ccccc14)C(=O)OCC)C32. The van der Waals surface area contributed by atoms with Crippen molar-refractivity contribution in [2.75, 3.05) is 33.0 Å². The molecule has 4 aromatic rings. The molecule has 0 spiro atoms. The Morgan fingerprint density at radius 2 is 1.70 bits per heavy atom. The highest BCUT2D eigenvalue weighted by Gasteiger charge is 2.65. The van der Waals surface area contributed by atoms with Crippen molar-refractivity contribution in [1.82, 2.24) is 4.90 Å². The smallest absolute Gasteiger partial charge is 0.410 e. The molecule has 1 fully saturated rings. The summed E-state index contributed by atoms with van der Waals surface area (Å²) in [6.45, 7) is 8.77. The minimum absolute atomic E-state index is 0.0307. The lowest BCUT2D eigenvalue weighted by atomic mass is 9.55. The summed E-state index contributed by atoms with van der Waals surface area (Å²) < 4.78 is 26.8. The third kappa shape index (κ3) is 9.24. The van der Waals surface area contributed by atoms with E-state index in [1.807, 2.05) is 55.5 Å². The third-order valence-electron chi connectivity index (χ3n) is 12.3. The molecule has 0 saturated heterocycles. The van der Waals surface area contributed by atoms with E-state index < -0.39 is 23.8 Å². The Morgan fingerprint density at radius 3 is 2.48 bits per heavy atom. The van der Waals surface area contributed by atoms with E-state index in [1.165, 1.54) is 0 Å². The van der Waals surface area contributed by atoms with Crippen LogP contribution in [0, 0.1) is 17.8 Å². The molecule has 0 aromatic heterocycles. The van der Waals surface area contributed by atoms with Crippen LogP contribution >= 0.6 is 0 Å². The van der Waals surface area contributed by atoms with Crippen LogP contribution in [0.4, 0.5) is 4.79 Å². The zero-order chi connectivity index (χ0) is 42.8. The van der Waals surface area contributed by atoms with Gasteiger partial charge in [-0.3, -0.25) is 9.69 Å². The van der Waals surface area contributed by atoms with Crippen LogP contribution in [0.2, 0.25) is 0 Å². The third-order valence-corrected chi connectivity index (χ3v) is 12.3. The van der Waals surface area contributed by atoms with Gasteiger partial charge in [0.15, 0.2) is 0 Å². The second-order valence-corrected chi connectivity index (χ2v) is 15.9. The summed E-state index contributed by atoms with van der Waals surface area (Å²) in [6.07, 6.45) is 9.10. The zero-order valence-corrected chi connectivity index (χ0v) is 35.2. The van der Waals surface area contributed by atoms with E-state index in [0.717, 1.165) is 59.4 Å². The average Bonchev–Trinajstić information content (AvgIpc) is 3.28. The van der Waals surface area contributed by atoms with Crippen LogP contribution in [0.25, 0.3) is 10.8 Å². The Hall–Kier alpha value is -5.49. The number of ether oxygens (including phenoxy) is 4. The Kier molecular flexibility index (Phi) is 14.6. The minimum atomic E-state index is -1.45. The first-order valence-corrected chi connectivity index (χ1v) is 21.7. The van der Waals surface area contributed by atoms with Gasteiger partial charge in [0.2, 0.25) is 5.79 Å². The number of fused-ring (bicyclic) bond motifs is 3. The molecule has 11 heteroatoms. The normalized spacial score (nSPS) is 23.2. The predicted octanol–water partition coefficient (Wildman–Crippen LogP) is 9.76. The number of nitrogens with zero attached hydrogens (tertiary/aromatic N) is 2. The highest BCUT2D eigenvalue weighted by molar-refractivity contribution is 6.03. The van der Waals surface area contributed by atoms with E-state index in [9.17, 15) is 19.8 Å². The molecule has 7 rings (SSSR count). The van der Waals surface area contributed by atoms with E-state index in [1.54, 1.807) is 36.1 Å². The van der Waals surface area contributed by atoms with Crippen molar-refractivity contribution in [1.29, 1.82) is 0 Å². The van der Waals surface area contributed by atoms with Crippen molar-refractivity contribution in [3.8, 4) is 17.2 Å². The maximum absolute atomic E-state index is 14.6. The van der Waals surface area contributed by atoms with Gasteiger partial charge in [-0.2, -0.15) is 0 Å². The molecule has 2 N–H and O–H groups in total. The summed E-state index contributed by atoms with van der Waals surface area (Å²) in [4.78, 5) is 33.9. The van der Waals surface area contributed by atoms with Gasteiger partial charge in [-0.05, 0) is 104 Å². The van der Waals surface area contributed by atoms with Gasteiger partial charge < -0.3 is 34.0 Å². The number of aldehydes is 1. The molecule has 61 heavy (non-hydrogen) atoms. The average molecular weight is 831 g/mol. The fourth-order valence-corrected chi connectivity index (χ4v) is 9.76. The van der Waals surface area contributed by atoms with E-state index in [4.69, 9.17) is 28.9 Å². The Labute approximate surface area is 358 Å². The standard InChI is InChI=1S/C50H58N2O9/c1-4-27-58-50-46(52(49(56)57-5-2)32-37-19-14-18-35-16-7-8-21-40(35)37)31-44(51-59-6-3)42-29-36(17-9-11-25-53)41(22-10-12-26-54)47(48(42)50)43-30-39(23-24-45(43)61-50)60-38-20-13-15-34(28-38)33-55/h4,7-8,13-16,18-21,23-24,28-30,33,36,41,46-48,53-54H,1,5-6,9-12,17,22,25-27,31-32H2,2-3H3. The minimum Gasteiger partial charge on any atom is -0.459 e. The molecule has 11 nitrogen and oxygen atoms in total. The number of allylic oxidation sites excluding steroid dienone is 1. The fraction of sp³-hybridized carbons (Fsp3) is 0.420. The molecule has 322 valence electrons. The van der Waals surface area contributed by atoms with E-state index in [2.05, 4.69) is 30.9 Å². The quantitative estimate of drug-likeness (QED) is 0.0386. The van der Waals surface area contributed by atoms with Gasteiger partial charge in [0.05, 0.1) is 31.4 Å². The molecule has 2 aliphatic carbocycles. The first-order valence-electron chi connectivity index (χ1n) is 21.7. The Bertz CT molecular complexity index is 2210. The van der Waals surface area contributed by atoms with Crippen molar-refractivity contribution in [2.24, 2.45) is 22.9 Å². The number of rotatable bonds is 20. The van der Waals surface area contributed by atoms with E-state index >= 15 is 0 Å². The summed E-state index contributed by atoms with van der Waals surface area (Å²) >= 11 is 0. The van der Waals surface area contributed by atoms with Crippen molar-refractivity contribution in [2.45, 2.75) is 83.1 Å². The summed E-state index contributed by atoms with van der Waals surface area (Å²) in [7, 11) is 0. The van der Waals surface area contributed by atoms with Gasteiger partial charge in [-0.15, -0.1) is 6.58 Å². The summed E-state index contributed by atoms with van der Waals surface area (Å²) in [6, 6.07) is 26.3. The molecule has 0 bridgehead atoms. The maximum Gasteiger partial charge on any atom is 0.410 e. The van der Waals surface area contributed by atoms with Crippen LogP contribution in [0.15, 0.2) is 114 Å². The van der Waals surface area contributed by atoms with Crippen LogP contribution in [0.5, 0.6) is 17.2 Å². The number of aliphatic hydroxyl groups is 2. The number of oxime groups is 1. The number of hydrogen-bond acceptors (Lipinski definition) is 10. The molecule has 1 heterocycles. The first-order chi connectivity index (χ1) is 29.9. The van der Waals surface area contributed by atoms with Gasteiger partial charge in [-0.25, -0.2) is 4.79 Å². The lowest BCUT2D eigenvalue weighted by molar-refractivity contribution is -0.256. The van der Waals surface area contributed by atoms with Gasteiger partial charge in [-0.1, -0.05) is 84.7 Å². The molecule has 0 radical (unpaired) electrons. The molecule has 1 aliphatic heterocycles. The highest BCUT2D eigenvalue weighted by atomic mass is 16.7. The topological polar surface area (TPSA) is 136 Å². The Balaban J connectivity index is 1.46. The van der Waals surface area contributed by atoms with Crippen LogP contribution in [0.1, 0.15) is 86.2 Å². The number of benzene rings is 4. The molecule has 6 unspecified atom stereocenters. The van der Waals surface area contributed by atoms with Gasteiger partial charge in [0, 0.05) is 36.7 Å². The van der Waals surface area contributed by atoms with Crippen molar-refractivity contribution >= 4 is 28.9 Å². The maximum atomic E-state index is 14.6. The number of aliphatic hydroxyl groups excluding tert-OH is 2. The van der Waals surface area contributed by atoms with Crippen LogP contribution in [0.3, 0.4) is 0 Å². The molecule has 1 saturated carbocycles. The van der Waals surface area contributed by atoms with E-state index in [0.29, 0.717) is 48.0 Å². The van der Waals surface area contributed by atoms with Gasteiger partial charge in [0.25, 0.3) is 0 Å². The van der Waals surface area contributed by atoms with Crippen molar-refractivity contribution in [3.63, 3.8) is 0 Å². The molecule has 4 aromatic carbocycles. The first kappa shape index (κ1) is 43.6. The van der Waals surface area contributed by atoms with E-state index in [-0.39, 0.29) is 57.1 Å². The molecule has 3 aliphatic rings. The van der Waals surface area contributed by atoms with Gasteiger partial charge in [0.1, 0.15) is 36.2 Å². The van der Waals surface area contributed by atoms with Crippen LogP contribution in [-0.2, 0) is 20.9 Å². The fourth-order valence-electron chi connectivity index (χ4n) is 9.76. The molecular formula is C50H58N2O9. The van der Waals surface area contributed by atoms with Gasteiger partial charge >= 0.3 is 6.09 Å². The number of unbranched alkanes of at least 4 members (excludes halogenated alkanes) is 2. The predicted molar refractivity (Wildman–Crippen MR) is 235 cm³/mol. The monoisotopic (exact) mass is 830 g/mol. The highest BCUT2D eigenvalue weighted by Crippen LogP contribution is 2.62. The number of carbonyl (C=O) groups is 2. The lowest BCUT2D eigenvalue weighted by Gasteiger charge is -2.59. The molecule has 6 atom stereocenters. The van der Waals surface area contributed by atoms with Crippen LogP contribution in [-0.4, -0.2) is 78.1 Å². The van der Waals surface area contributed by atoms with Crippen LogP contribution < -0.4 is 9.47 Å². The number of carbonyl (C=O) groups excluding carboxylic acids is 2. The lowest BCUT2D eigenvalue weighted by Crippen LogP contribution is -2.70. The van der Waals surface area contributed by atoms with Crippen molar-refractivity contribution < 1.29 is 43.6 Å². The number of amides is 1. The zero-order valence-electron chi connectivity index (χ0n) is 35.2. The largest absolute Gasteiger partial charge is 0.459 e. The summed E-state index contributed by atoms with van der Waals surface area (Å²) in [5, 5.41) is 26.7. The number of hydrogen-bond donors (Lipinski definition) is 2. The summed E-state index contributed by atoms with van der Waals surface area (Å²) in [5.41, 5.74) is 4.02. The molecule has 1 amide bonds. The van der Waals surface area contributed by atoms with Crippen molar-refractivity contribution in [3.05, 3.63) is 126 Å². The second-order valence-electron chi connectivity index (χ2n) is 15.9. The summed E-state index contributed by atoms with van der Waals surface area (Å²) in [5.74, 6) is -0.388.